The first-order valence-corrected chi connectivity index (χ1v) is 7.80. The van der Waals surface area contributed by atoms with Crippen molar-refractivity contribution in [3.63, 3.8) is 0 Å². The summed E-state index contributed by atoms with van der Waals surface area (Å²) < 4.78 is 10.4. The first-order valence-electron chi connectivity index (χ1n) is 4.59. The van der Waals surface area contributed by atoms with E-state index in [1.54, 1.807) is 4.90 Å². The van der Waals surface area contributed by atoms with Crippen molar-refractivity contribution in [2.75, 3.05) is 31.9 Å². The van der Waals surface area contributed by atoms with Crippen LogP contribution >= 0.6 is 18.2 Å². The molecule has 0 aromatic heterocycles. The van der Waals surface area contributed by atoms with Crippen LogP contribution < -0.4 is 43.0 Å². The Morgan fingerprint density at radius 3 is 2.41 bits per heavy atom. The number of likely N-dealkylation sites (N-methyl/N-ethyl adjacent to an activating group) is 1. The Morgan fingerprint density at radius 2 is 2.00 bits per heavy atom. The van der Waals surface area contributed by atoms with Crippen LogP contribution in [0.4, 0.5) is 0 Å². The Morgan fingerprint density at radius 1 is 1.41 bits per heavy atom. The van der Waals surface area contributed by atoms with Gasteiger partial charge in [-0.05, 0) is 18.3 Å². The van der Waals surface area contributed by atoms with Crippen molar-refractivity contribution >= 4 is 24.6 Å². The maximum Gasteiger partial charge on any atom is 1.00 e. The van der Waals surface area contributed by atoms with E-state index in [4.69, 9.17) is 9.79 Å². The molecule has 0 aliphatic rings. The van der Waals surface area contributed by atoms with Crippen molar-refractivity contribution in [2.24, 2.45) is 0 Å². The van der Waals surface area contributed by atoms with E-state index in [0.717, 1.165) is 6.41 Å². The molecule has 1 amide bonds. The van der Waals surface area contributed by atoms with Crippen molar-refractivity contribution < 1.29 is 59.7 Å². The van der Waals surface area contributed by atoms with Gasteiger partial charge in [-0.25, -0.2) is 4.57 Å². The van der Waals surface area contributed by atoms with E-state index in [2.05, 4.69) is 5.32 Å². The van der Waals surface area contributed by atoms with Gasteiger partial charge in [0, 0.05) is 31.9 Å². The molecular formula is C7H19Li2N2O4PS. The first kappa shape index (κ1) is 23.2. The van der Waals surface area contributed by atoms with Crippen molar-refractivity contribution in [1.29, 1.82) is 0 Å². The van der Waals surface area contributed by atoms with Crippen LogP contribution in [0.3, 0.4) is 0 Å². The summed E-state index contributed by atoms with van der Waals surface area (Å²) in [6.45, 7) is 0.386. The molecule has 0 atom stereocenters. The molecule has 0 aromatic rings. The Kier molecular flexibility index (Phi) is 18.5. The second kappa shape index (κ2) is 13.6. The summed E-state index contributed by atoms with van der Waals surface area (Å²) >= 11 is 0.625. The number of hydrogen-bond donors (Lipinski definition) is 3. The fourth-order valence-electron chi connectivity index (χ4n) is 0.870. The van der Waals surface area contributed by atoms with Crippen LogP contribution in [0.1, 0.15) is 9.78 Å². The normalized spacial score (nSPS) is 10.1. The third-order valence-corrected chi connectivity index (χ3v) is 3.95. The van der Waals surface area contributed by atoms with Crippen LogP contribution in [0.5, 0.6) is 0 Å². The van der Waals surface area contributed by atoms with Crippen LogP contribution in [0, 0.1) is 0 Å². The van der Waals surface area contributed by atoms with Crippen LogP contribution in [-0.4, -0.2) is 53.0 Å². The third-order valence-electron chi connectivity index (χ3n) is 1.67. The molecule has 0 radical (unpaired) electrons. The minimum absolute atomic E-state index is 0. The first-order chi connectivity index (χ1) is 6.99. The molecule has 0 saturated carbocycles. The summed E-state index contributed by atoms with van der Waals surface area (Å²) in [5, 5.41) is 2.99. The molecule has 0 aliphatic heterocycles. The Balaban J connectivity index is -0.000000163. The zero-order valence-electron chi connectivity index (χ0n) is 12.6. The van der Waals surface area contributed by atoms with Gasteiger partial charge in [-0.3, -0.25) is 4.79 Å². The topological polar surface area (TPSA) is 89.9 Å². The summed E-state index contributed by atoms with van der Waals surface area (Å²) in [7, 11) is 0. The van der Waals surface area contributed by atoms with Gasteiger partial charge in [-0.15, -0.1) is 0 Å². The number of nitrogens with zero attached hydrogens (tertiary/aromatic N) is 1. The van der Waals surface area contributed by atoms with Crippen LogP contribution in [0.25, 0.3) is 0 Å². The monoisotopic (exact) mass is 272 g/mol. The van der Waals surface area contributed by atoms with Crippen LogP contribution in [0.2, 0.25) is 0 Å². The van der Waals surface area contributed by atoms with Gasteiger partial charge >= 0.3 is 44.5 Å². The minimum Gasteiger partial charge on any atom is -1.00 e. The SMILES string of the molecule is CCN(C=O)CCNCCSP(=O)(O)O.[H-].[H-].[Li+].[Li+]. The predicted octanol–water partition coefficient (Wildman–Crippen LogP) is -5.89. The molecule has 0 saturated heterocycles. The molecule has 17 heavy (non-hydrogen) atoms. The molecule has 0 spiro atoms. The van der Waals surface area contributed by atoms with E-state index < -0.39 is 6.80 Å². The molecular weight excluding hydrogens is 253 g/mol. The Hall–Kier alpha value is 1.12. The van der Waals surface area contributed by atoms with Gasteiger partial charge in [-0.2, -0.15) is 0 Å². The maximum atomic E-state index is 10.4. The molecule has 0 aliphatic carbocycles. The van der Waals surface area contributed by atoms with Crippen molar-refractivity contribution in [2.45, 2.75) is 6.92 Å². The van der Waals surface area contributed by atoms with E-state index in [1.807, 2.05) is 6.92 Å². The second-order valence-corrected chi connectivity index (χ2v) is 6.66. The molecule has 0 aromatic carbocycles. The van der Waals surface area contributed by atoms with E-state index >= 15 is 0 Å². The number of carbonyl (C=O) groups is 1. The van der Waals surface area contributed by atoms with Gasteiger partial charge in [-0.1, -0.05) is 0 Å². The second-order valence-electron chi connectivity index (χ2n) is 2.81. The van der Waals surface area contributed by atoms with Crippen molar-refractivity contribution in [3.8, 4) is 0 Å². The summed E-state index contributed by atoms with van der Waals surface area (Å²) in [4.78, 5) is 29.1. The molecule has 0 rings (SSSR count). The molecule has 10 heteroatoms. The van der Waals surface area contributed by atoms with Crippen LogP contribution in [0.15, 0.2) is 0 Å². The average molecular weight is 272 g/mol. The number of carbonyl (C=O) groups excluding carboxylic acids is 1. The third kappa shape index (κ3) is 17.1. The van der Waals surface area contributed by atoms with Crippen molar-refractivity contribution in [1.82, 2.24) is 10.2 Å². The fourth-order valence-corrected chi connectivity index (χ4v) is 2.33. The van der Waals surface area contributed by atoms with Gasteiger partial charge in [0.25, 0.3) is 0 Å². The molecule has 0 bridgehead atoms. The van der Waals surface area contributed by atoms with Gasteiger partial charge in [0.2, 0.25) is 6.41 Å². The molecule has 0 heterocycles. The fraction of sp³-hybridized carbons (Fsp3) is 0.857. The van der Waals surface area contributed by atoms with Gasteiger partial charge in [0.15, 0.2) is 0 Å². The van der Waals surface area contributed by atoms with Crippen molar-refractivity contribution in [3.05, 3.63) is 0 Å². The molecule has 6 nitrogen and oxygen atoms in total. The number of nitrogens with one attached hydrogen (secondary N) is 1. The van der Waals surface area contributed by atoms with Crippen LogP contribution in [-0.2, 0) is 9.36 Å². The molecule has 0 unspecified atom stereocenters. The average Bonchev–Trinajstić information content (AvgIpc) is 2.15. The van der Waals surface area contributed by atoms with E-state index in [9.17, 15) is 9.36 Å². The summed E-state index contributed by atoms with van der Waals surface area (Å²) in [5.41, 5.74) is 0. The smallest absolute Gasteiger partial charge is 1.00 e. The zero-order chi connectivity index (χ0) is 11.7. The zero-order valence-corrected chi connectivity index (χ0v) is 12.3. The van der Waals surface area contributed by atoms with E-state index in [-0.39, 0.29) is 40.6 Å². The summed E-state index contributed by atoms with van der Waals surface area (Å²) in [6.07, 6.45) is 0.784. The maximum absolute atomic E-state index is 10.4. The number of amides is 1. The molecule has 94 valence electrons. The Labute approximate surface area is 133 Å². The van der Waals surface area contributed by atoms with E-state index in [1.165, 1.54) is 0 Å². The van der Waals surface area contributed by atoms with Gasteiger partial charge in [0.1, 0.15) is 0 Å². The number of rotatable bonds is 9. The quantitative estimate of drug-likeness (QED) is 0.168. The van der Waals surface area contributed by atoms with E-state index in [0.29, 0.717) is 43.3 Å². The standard InChI is InChI=1S/C7H17N2O4PS.2Li.2H/c1-2-9(7-10)5-3-8-4-6-15-14(11,12)13;;;;/h7-8H,2-6H2,1H3,(H2,11,12,13);;;;/q;2*+1;2*-1. The van der Waals surface area contributed by atoms with Gasteiger partial charge in [0.05, 0.1) is 0 Å². The van der Waals surface area contributed by atoms with Gasteiger partial charge < -0.3 is 22.9 Å². The molecule has 0 fully saturated rings. The number of hydrogen-bond acceptors (Lipinski definition) is 4. The summed E-state index contributed by atoms with van der Waals surface area (Å²) in [5.74, 6) is 0.359. The minimum atomic E-state index is -3.93. The summed E-state index contributed by atoms with van der Waals surface area (Å²) in [6, 6.07) is 0. The molecule has 3 N–H and O–H groups in total. The predicted molar refractivity (Wildman–Crippen MR) is 62.9 cm³/mol. The Bertz CT molecular complexity index is 241. The largest absolute Gasteiger partial charge is 1.00 e.